The van der Waals surface area contributed by atoms with E-state index in [1.54, 1.807) is 0 Å². The molecular weight excluding hydrogens is 224 g/mol. The Kier molecular flexibility index (Phi) is 7.87. The van der Waals surface area contributed by atoms with E-state index >= 15 is 0 Å². The summed E-state index contributed by atoms with van der Waals surface area (Å²) < 4.78 is 5.32. The molecule has 0 aromatic heterocycles. The average Bonchev–Trinajstić information content (AvgIpc) is 2.31. The van der Waals surface area contributed by atoms with Crippen molar-refractivity contribution in [1.82, 2.24) is 10.2 Å². The Balaban J connectivity index is 1.91. The molecule has 1 fully saturated rings. The molecule has 3 nitrogen and oxygen atoms in total. The fourth-order valence-electron chi connectivity index (χ4n) is 2.70. The third-order valence-corrected chi connectivity index (χ3v) is 3.68. The largest absolute Gasteiger partial charge is 0.382 e. The van der Waals surface area contributed by atoms with Crippen molar-refractivity contribution < 1.29 is 4.74 Å². The zero-order valence-corrected chi connectivity index (χ0v) is 12.6. The summed E-state index contributed by atoms with van der Waals surface area (Å²) in [7, 11) is 0. The molecule has 0 unspecified atom stereocenters. The van der Waals surface area contributed by atoms with Crippen LogP contribution in [0.25, 0.3) is 0 Å². The Morgan fingerprint density at radius 1 is 1.22 bits per heavy atom. The van der Waals surface area contributed by atoms with E-state index < -0.39 is 0 Å². The molecule has 0 atom stereocenters. The first-order chi connectivity index (χ1) is 8.64. The summed E-state index contributed by atoms with van der Waals surface area (Å²) in [5.74, 6) is 0. The van der Waals surface area contributed by atoms with Gasteiger partial charge in [-0.1, -0.05) is 13.8 Å². The van der Waals surface area contributed by atoms with Crippen LogP contribution < -0.4 is 5.32 Å². The van der Waals surface area contributed by atoms with Crippen LogP contribution in [0.15, 0.2) is 0 Å². The highest BCUT2D eigenvalue weighted by molar-refractivity contribution is 4.79. The predicted octanol–water partition coefficient (Wildman–Crippen LogP) is 2.51. The van der Waals surface area contributed by atoms with Crippen LogP contribution in [0.1, 0.15) is 46.5 Å². The summed E-state index contributed by atoms with van der Waals surface area (Å²) in [6, 6.07) is 0. The van der Waals surface area contributed by atoms with Gasteiger partial charge in [0.15, 0.2) is 0 Å². The van der Waals surface area contributed by atoms with Gasteiger partial charge in [-0.2, -0.15) is 0 Å². The number of hydrogen-bond acceptors (Lipinski definition) is 3. The second kappa shape index (κ2) is 8.89. The molecule has 0 aromatic carbocycles. The maximum atomic E-state index is 5.32. The number of piperidine rings is 1. The lowest BCUT2D eigenvalue weighted by atomic mass is 9.84. The maximum absolute atomic E-state index is 5.32. The van der Waals surface area contributed by atoms with Crippen LogP contribution in [0, 0.1) is 5.41 Å². The van der Waals surface area contributed by atoms with Crippen molar-refractivity contribution in [3.63, 3.8) is 0 Å². The number of nitrogens with zero attached hydrogens (tertiary/aromatic N) is 1. The fourth-order valence-corrected chi connectivity index (χ4v) is 2.70. The first-order valence-corrected chi connectivity index (χ1v) is 7.65. The molecule has 0 aromatic rings. The Labute approximate surface area is 113 Å². The summed E-state index contributed by atoms with van der Waals surface area (Å²) in [6.45, 7) is 14.6. The monoisotopic (exact) mass is 256 g/mol. The second-order valence-corrected chi connectivity index (χ2v) is 6.20. The Hall–Kier alpha value is -0.120. The molecule has 108 valence electrons. The molecule has 1 aliphatic rings. The van der Waals surface area contributed by atoms with Crippen LogP contribution in [-0.4, -0.2) is 50.8 Å². The smallest absolute Gasteiger partial charge is 0.0466 e. The quantitative estimate of drug-likeness (QED) is 0.642. The molecule has 1 N–H and O–H groups in total. The van der Waals surface area contributed by atoms with Crippen LogP contribution in [0.2, 0.25) is 0 Å². The van der Waals surface area contributed by atoms with Crippen LogP contribution in [-0.2, 0) is 4.74 Å². The van der Waals surface area contributed by atoms with Gasteiger partial charge in [-0.15, -0.1) is 0 Å². The van der Waals surface area contributed by atoms with Crippen molar-refractivity contribution in [3.05, 3.63) is 0 Å². The molecule has 3 heteroatoms. The van der Waals surface area contributed by atoms with Crippen molar-refractivity contribution in [3.8, 4) is 0 Å². The molecule has 1 heterocycles. The van der Waals surface area contributed by atoms with E-state index in [1.807, 2.05) is 0 Å². The van der Waals surface area contributed by atoms with Gasteiger partial charge in [0.05, 0.1) is 0 Å². The first-order valence-electron chi connectivity index (χ1n) is 7.65. The summed E-state index contributed by atoms with van der Waals surface area (Å²) in [6.07, 6.45) is 5.15. The number of hydrogen-bond donors (Lipinski definition) is 1. The normalized spacial score (nSPS) is 20.2. The minimum atomic E-state index is 0.524. The lowest BCUT2D eigenvalue weighted by Crippen LogP contribution is -2.43. The summed E-state index contributed by atoms with van der Waals surface area (Å²) >= 11 is 0. The van der Waals surface area contributed by atoms with E-state index in [1.165, 1.54) is 45.3 Å². The molecule has 0 radical (unpaired) electrons. The zero-order chi connectivity index (χ0) is 13.3. The number of unbranched alkanes of at least 4 members (excludes halogenated alkanes) is 1. The van der Waals surface area contributed by atoms with Crippen LogP contribution in [0.5, 0.6) is 0 Å². The Morgan fingerprint density at radius 2 is 2.06 bits per heavy atom. The molecule has 0 aliphatic carbocycles. The highest BCUT2D eigenvalue weighted by Gasteiger charge is 2.25. The highest BCUT2D eigenvalue weighted by atomic mass is 16.5. The summed E-state index contributed by atoms with van der Waals surface area (Å²) in [5, 5.41) is 3.54. The SMILES string of the molecule is CCOCCCCNCCN1CCCC(C)(C)C1. The Bertz CT molecular complexity index is 207. The maximum Gasteiger partial charge on any atom is 0.0466 e. The zero-order valence-electron chi connectivity index (χ0n) is 12.6. The summed E-state index contributed by atoms with van der Waals surface area (Å²) in [5.41, 5.74) is 0.524. The van der Waals surface area contributed by atoms with Gasteiger partial charge < -0.3 is 15.0 Å². The molecule has 0 amide bonds. The molecule has 1 rings (SSSR count). The van der Waals surface area contributed by atoms with Crippen molar-refractivity contribution in [1.29, 1.82) is 0 Å². The lowest BCUT2D eigenvalue weighted by Gasteiger charge is -2.38. The topological polar surface area (TPSA) is 24.5 Å². The van der Waals surface area contributed by atoms with Gasteiger partial charge in [-0.3, -0.25) is 0 Å². The van der Waals surface area contributed by atoms with E-state index in [2.05, 4.69) is 31.0 Å². The third kappa shape index (κ3) is 7.34. The van der Waals surface area contributed by atoms with E-state index in [9.17, 15) is 0 Å². The molecule has 18 heavy (non-hydrogen) atoms. The van der Waals surface area contributed by atoms with E-state index in [4.69, 9.17) is 4.74 Å². The average molecular weight is 256 g/mol. The van der Waals surface area contributed by atoms with Crippen molar-refractivity contribution in [2.24, 2.45) is 5.41 Å². The van der Waals surface area contributed by atoms with Gasteiger partial charge in [0.2, 0.25) is 0 Å². The fraction of sp³-hybridized carbons (Fsp3) is 1.00. The second-order valence-electron chi connectivity index (χ2n) is 6.20. The van der Waals surface area contributed by atoms with Gasteiger partial charge >= 0.3 is 0 Å². The minimum absolute atomic E-state index is 0.524. The number of rotatable bonds is 9. The lowest BCUT2D eigenvalue weighted by molar-refractivity contribution is 0.118. The Morgan fingerprint density at radius 3 is 2.78 bits per heavy atom. The van der Waals surface area contributed by atoms with Gasteiger partial charge in [0.25, 0.3) is 0 Å². The number of ether oxygens (including phenoxy) is 1. The van der Waals surface area contributed by atoms with Crippen LogP contribution >= 0.6 is 0 Å². The third-order valence-electron chi connectivity index (χ3n) is 3.68. The van der Waals surface area contributed by atoms with E-state index in [0.29, 0.717) is 5.41 Å². The molecular formula is C15H32N2O. The minimum Gasteiger partial charge on any atom is -0.382 e. The van der Waals surface area contributed by atoms with Crippen molar-refractivity contribution >= 4 is 0 Å². The standard InChI is InChI=1S/C15H32N2O/c1-4-18-13-6-5-9-16-10-12-17-11-7-8-15(2,3)14-17/h16H,4-14H2,1-3H3. The van der Waals surface area contributed by atoms with Gasteiger partial charge in [-0.25, -0.2) is 0 Å². The highest BCUT2D eigenvalue weighted by Crippen LogP contribution is 2.27. The van der Waals surface area contributed by atoms with Gasteiger partial charge in [-0.05, 0) is 51.1 Å². The van der Waals surface area contributed by atoms with E-state index in [-0.39, 0.29) is 0 Å². The predicted molar refractivity (Wildman–Crippen MR) is 78.1 cm³/mol. The molecule has 1 saturated heterocycles. The van der Waals surface area contributed by atoms with Gasteiger partial charge in [0.1, 0.15) is 0 Å². The number of likely N-dealkylation sites (tertiary alicyclic amines) is 1. The first kappa shape index (κ1) is 15.9. The molecule has 0 spiro atoms. The van der Waals surface area contributed by atoms with E-state index in [0.717, 1.165) is 26.3 Å². The molecule has 1 aliphatic heterocycles. The molecule has 0 bridgehead atoms. The number of nitrogens with one attached hydrogen (secondary N) is 1. The molecule has 0 saturated carbocycles. The van der Waals surface area contributed by atoms with Crippen LogP contribution in [0.4, 0.5) is 0 Å². The van der Waals surface area contributed by atoms with Crippen LogP contribution in [0.3, 0.4) is 0 Å². The van der Waals surface area contributed by atoms with Gasteiger partial charge in [0, 0.05) is 32.8 Å². The summed E-state index contributed by atoms with van der Waals surface area (Å²) in [4.78, 5) is 2.61. The van der Waals surface area contributed by atoms with Crippen molar-refractivity contribution in [2.45, 2.75) is 46.5 Å². The van der Waals surface area contributed by atoms with Crippen molar-refractivity contribution in [2.75, 3.05) is 45.9 Å².